The molecule has 1 aromatic carbocycles. The highest BCUT2D eigenvalue weighted by Crippen LogP contribution is 2.26. The van der Waals surface area contributed by atoms with E-state index in [1.54, 1.807) is 30.2 Å². The van der Waals surface area contributed by atoms with Crippen LogP contribution in [0, 0.1) is 5.92 Å². The zero-order valence-corrected chi connectivity index (χ0v) is 17.7. The van der Waals surface area contributed by atoms with Gasteiger partial charge in [0.15, 0.2) is 0 Å². The van der Waals surface area contributed by atoms with Crippen LogP contribution in [0.5, 0.6) is 5.75 Å². The molecule has 154 valence electrons. The lowest BCUT2D eigenvalue weighted by atomic mass is 9.96. The molecule has 2 heterocycles. The largest absolute Gasteiger partial charge is 0.495 e. The number of hydrogen-bond donors (Lipinski definition) is 1. The lowest BCUT2D eigenvalue weighted by Gasteiger charge is -2.32. The summed E-state index contributed by atoms with van der Waals surface area (Å²) < 4.78 is 5.15. The molecular weight excluding hydrogens is 413 g/mol. The van der Waals surface area contributed by atoms with Crippen LogP contribution >= 0.6 is 23.2 Å². The molecule has 3 rings (SSSR count). The minimum absolute atomic E-state index is 0.0408. The molecule has 1 saturated heterocycles. The Bertz CT molecular complexity index is 874. The van der Waals surface area contributed by atoms with Crippen LogP contribution < -0.4 is 10.1 Å². The van der Waals surface area contributed by atoms with E-state index < -0.39 is 0 Å². The maximum Gasteiger partial charge on any atom is 0.230 e. The number of aromatic nitrogens is 1. The molecular formula is C21H23Cl2N3O3. The fraction of sp³-hybridized carbons (Fsp3) is 0.381. The number of aryl methyl sites for hydroxylation is 1. The number of benzene rings is 1. The summed E-state index contributed by atoms with van der Waals surface area (Å²) in [5, 5.41) is 3.84. The van der Waals surface area contributed by atoms with Gasteiger partial charge in [-0.2, -0.15) is 0 Å². The van der Waals surface area contributed by atoms with Gasteiger partial charge in [-0.1, -0.05) is 29.3 Å². The highest BCUT2D eigenvalue weighted by atomic mass is 35.5. The number of halogens is 2. The van der Waals surface area contributed by atoms with Gasteiger partial charge in [-0.15, -0.1) is 0 Å². The van der Waals surface area contributed by atoms with Gasteiger partial charge in [0, 0.05) is 25.7 Å². The van der Waals surface area contributed by atoms with Crippen LogP contribution in [-0.2, 0) is 16.0 Å². The van der Waals surface area contributed by atoms with E-state index >= 15 is 0 Å². The number of ether oxygens (including phenoxy) is 1. The molecule has 1 N–H and O–H groups in total. The predicted molar refractivity (Wildman–Crippen MR) is 114 cm³/mol. The maximum atomic E-state index is 12.7. The van der Waals surface area contributed by atoms with Gasteiger partial charge < -0.3 is 15.0 Å². The third kappa shape index (κ3) is 5.84. The second-order valence-corrected chi connectivity index (χ2v) is 7.84. The summed E-state index contributed by atoms with van der Waals surface area (Å²) in [5.41, 5.74) is 0.976. The van der Waals surface area contributed by atoms with Crippen molar-refractivity contribution in [1.29, 1.82) is 0 Å². The zero-order valence-electron chi connectivity index (χ0n) is 16.2. The number of piperidine rings is 1. The Morgan fingerprint density at radius 1 is 1.28 bits per heavy atom. The standard InChI is InChI=1S/C21H23Cl2N3O3/c1-29-18-7-4-14(11-17(18)23)5-9-20(27)26-10-2-3-15(13-26)21(28)25-19-8-6-16(22)12-24-19/h4,6-8,11-12,15H,2-3,5,9-10,13H2,1H3,(H,24,25,28). The molecule has 0 aliphatic carbocycles. The second kappa shape index (κ2) is 9.94. The number of nitrogens with one attached hydrogen (secondary N) is 1. The number of anilines is 1. The topological polar surface area (TPSA) is 71.5 Å². The number of carbonyl (C=O) groups excluding carboxylic acids is 2. The third-order valence-corrected chi connectivity index (χ3v) is 5.49. The highest BCUT2D eigenvalue weighted by Gasteiger charge is 2.28. The van der Waals surface area contributed by atoms with Crippen LogP contribution in [0.3, 0.4) is 0 Å². The van der Waals surface area contributed by atoms with Gasteiger partial charge in [-0.3, -0.25) is 9.59 Å². The Kier molecular flexibility index (Phi) is 7.34. The Morgan fingerprint density at radius 3 is 2.79 bits per heavy atom. The quantitative estimate of drug-likeness (QED) is 0.737. The van der Waals surface area contributed by atoms with E-state index in [0.29, 0.717) is 47.5 Å². The summed E-state index contributed by atoms with van der Waals surface area (Å²) in [6.45, 7) is 1.09. The van der Waals surface area contributed by atoms with Crippen molar-refractivity contribution in [3.63, 3.8) is 0 Å². The lowest BCUT2D eigenvalue weighted by Crippen LogP contribution is -2.43. The van der Waals surface area contributed by atoms with E-state index in [4.69, 9.17) is 27.9 Å². The molecule has 1 aromatic heterocycles. The number of nitrogens with zero attached hydrogens (tertiary/aromatic N) is 2. The van der Waals surface area contributed by atoms with Crippen molar-refractivity contribution < 1.29 is 14.3 Å². The van der Waals surface area contributed by atoms with Crippen LogP contribution in [0.4, 0.5) is 5.82 Å². The molecule has 2 aromatic rings. The lowest BCUT2D eigenvalue weighted by molar-refractivity contribution is -0.134. The van der Waals surface area contributed by atoms with E-state index in [1.807, 2.05) is 12.1 Å². The van der Waals surface area contributed by atoms with Crippen LogP contribution in [0.25, 0.3) is 0 Å². The van der Waals surface area contributed by atoms with E-state index in [2.05, 4.69) is 10.3 Å². The molecule has 0 saturated carbocycles. The molecule has 29 heavy (non-hydrogen) atoms. The zero-order chi connectivity index (χ0) is 20.8. The average Bonchev–Trinajstić information content (AvgIpc) is 2.73. The summed E-state index contributed by atoms with van der Waals surface area (Å²) in [4.78, 5) is 31.1. The number of hydrogen-bond acceptors (Lipinski definition) is 4. The summed E-state index contributed by atoms with van der Waals surface area (Å²) in [6, 6.07) is 8.86. The van der Waals surface area contributed by atoms with Crippen molar-refractivity contribution in [3.05, 3.63) is 52.1 Å². The smallest absolute Gasteiger partial charge is 0.230 e. The average molecular weight is 436 g/mol. The molecule has 0 spiro atoms. The summed E-state index contributed by atoms with van der Waals surface area (Å²) in [6.07, 6.45) is 3.99. The van der Waals surface area contributed by atoms with Crippen LogP contribution in [0.2, 0.25) is 10.0 Å². The molecule has 1 aliphatic rings. The van der Waals surface area contributed by atoms with Gasteiger partial charge in [-0.25, -0.2) is 4.98 Å². The Balaban J connectivity index is 1.52. The van der Waals surface area contributed by atoms with Crippen LogP contribution in [0.1, 0.15) is 24.8 Å². The van der Waals surface area contributed by atoms with Crippen molar-refractivity contribution in [1.82, 2.24) is 9.88 Å². The van der Waals surface area contributed by atoms with Crippen molar-refractivity contribution in [2.45, 2.75) is 25.7 Å². The number of rotatable bonds is 6. The molecule has 6 nitrogen and oxygen atoms in total. The molecule has 1 aliphatic heterocycles. The first-order chi connectivity index (χ1) is 14.0. The monoisotopic (exact) mass is 435 g/mol. The van der Waals surface area contributed by atoms with Gasteiger partial charge in [0.05, 0.1) is 23.1 Å². The fourth-order valence-corrected chi connectivity index (χ4v) is 3.76. The minimum atomic E-state index is -0.249. The van der Waals surface area contributed by atoms with Crippen molar-refractivity contribution >= 4 is 40.8 Å². The first kappa shape index (κ1) is 21.4. The number of pyridine rings is 1. The first-order valence-corrected chi connectivity index (χ1v) is 10.2. The molecule has 8 heteroatoms. The number of amides is 2. The van der Waals surface area contributed by atoms with E-state index in [-0.39, 0.29) is 17.7 Å². The summed E-state index contributed by atoms with van der Waals surface area (Å²) in [7, 11) is 1.57. The molecule has 2 amide bonds. The van der Waals surface area contributed by atoms with E-state index in [9.17, 15) is 9.59 Å². The van der Waals surface area contributed by atoms with Crippen LogP contribution in [-0.4, -0.2) is 41.9 Å². The van der Waals surface area contributed by atoms with Crippen molar-refractivity contribution in [3.8, 4) is 5.75 Å². The Labute approximate surface area is 180 Å². The molecule has 1 unspecified atom stereocenters. The van der Waals surface area contributed by atoms with Crippen LogP contribution in [0.15, 0.2) is 36.5 Å². The Morgan fingerprint density at radius 2 is 2.10 bits per heavy atom. The van der Waals surface area contributed by atoms with Crippen molar-refractivity contribution in [2.24, 2.45) is 5.92 Å². The van der Waals surface area contributed by atoms with Gasteiger partial charge in [0.2, 0.25) is 11.8 Å². The minimum Gasteiger partial charge on any atom is -0.495 e. The van der Waals surface area contributed by atoms with Gasteiger partial charge in [0.1, 0.15) is 11.6 Å². The van der Waals surface area contributed by atoms with Gasteiger partial charge in [-0.05, 0) is 49.1 Å². The summed E-state index contributed by atoms with van der Waals surface area (Å²) in [5.74, 6) is 0.736. The predicted octanol–water partition coefficient (Wildman–Crippen LogP) is 4.21. The maximum absolute atomic E-state index is 12.7. The molecule has 0 bridgehead atoms. The molecule has 1 fully saturated rings. The Hall–Kier alpha value is -2.31. The molecule has 0 radical (unpaired) electrons. The first-order valence-electron chi connectivity index (χ1n) is 9.49. The summed E-state index contributed by atoms with van der Waals surface area (Å²) >= 11 is 12.0. The molecule has 1 atom stereocenters. The number of methoxy groups -OCH3 is 1. The van der Waals surface area contributed by atoms with E-state index in [0.717, 1.165) is 18.4 Å². The fourth-order valence-electron chi connectivity index (χ4n) is 3.37. The highest BCUT2D eigenvalue weighted by molar-refractivity contribution is 6.32. The number of likely N-dealkylation sites (tertiary alicyclic amines) is 1. The van der Waals surface area contributed by atoms with E-state index in [1.165, 1.54) is 6.20 Å². The van der Waals surface area contributed by atoms with Gasteiger partial charge >= 0.3 is 0 Å². The SMILES string of the molecule is COc1ccc(CCC(=O)N2CCCC(C(=O)Nc3ccc(Cl)cn3)C2)cc1Cl. The number of carbonyl (C=O) groups is 2. The second-order valence-electron chi connectivity index (χ2n) is 7.00. The third-order valence-electron chi connectivity index (χ3n) is 4.97. The van der Waals surface area contributed by atoms with Crippen molar-refractivity contribution in [2.75, 3.05) is 25.5 Å². The van der Waals surface area contributed by atoms with Gasteiger partial charge in [0.25, 0.3) is 0 Å². The normalized spacial score (nSPS) is 16.4.